The van der Waals surface area contributed by atoms with E-state index in [4.69, 9.17) is 0 Å². The van der Waals surface area contributed by atoms with E-state index in [1.807, 2.05) is 24.3 Å². The average molecular weight is 390 g/mol. The summed E-state index contributed by atoms with van der Waals surface area (Å²) in [6.45, 7) is 3.25. The van der Waals surface area contributed by atoms with E-state index >= 15 is 0 Å². The van der Waals surface area contributed by atoms with Crippen LogP contribution in [0.1, 0.15) is 43.2 Å². The molecule has 2 aromatic carbocycles. The van der Waals surface area contributed by atoms with Crippen LogP contribution in [0.15, 0.2) is 48.5 Å². The number of hydrogen-bond acceptors (Lipinski definition) is 3. The summed E-state index contributed by atoms with van der Waals surface area (Å²) in [4.78, 5) is 2.59. The Hall–Kier alpha value is -1.71. The molecule has 0 heterocycles. The maximum Gasteiger partial charge on any atom is 0.115 e. The van der Waals surface area contributed by atoms with E-state index in [1.165, 1.54) is 49.8 Å². The van der Waals surface area contributed by atoms with Gasteiger partial charge in [0, 0.05) is 19.6 Å². The van der Waals surface area contributed by atoms with Crippen LogP contribution < -0.4 is 0 Å². The summed E-state index contributed by atoms with van der Waals surface area (Å²) in [6.07, 6.45) is 8.85. The molecule has 1 aliphatic rings. The Labute approximate surface area is 169 Å². The third kappa shape index (κ3) is 7.43. The van der Waals surface area contributed by atoms with Crippen molar-refractivity contribution in [3.05, 3.63) is 59.7 Å². The number of nitrogens with zero attached hydrogens (tertiary/aromatic N) is 1. The molecule has 0 spiro atoms. The fourth-order valence-corrected chi connectivity index (χ4v) is 3.98. The molecule has 4 heteroatoms. The summed E-state index contributed by atoms with van der Waals surface area (Å²) in [5, 5.41) is 19.1. The Morgan fingerprint density at radius 3 is 2.11 bits per heavy atom. The number of phenols is 2. The lowest BCUT2D eigenvalue weighted by Crippen LogP contribution is -2.34. The molecule has 27 heavy (non-hydrogen) atoms. The van der Waals surface area contributed by atoms with Crippen molar-refractivity contribution in [3.8, 4) is 11.5 Å². The van der Waals surface area contributed by atoms with Gasteiger partial charge in [0.15, 0.2) is 0 Å². The lowest BCUT2D eigenvalue weighted by molar-refractivity contribution is 0.204. The van der Waals surface area contributed by atoms with E-state index in [0.29, 0.717) is 11.5 Å². The van der Waals surface area contributed by atoms with E-state index in [1.54, 1.807) is 18.2 Å². The first-order chi connectivity index (χ1) is 12.7. The number of hydrogen-bond donors (Lipinski definition) is 2. The van der Waals surface area contributed by atoms with E-state index in [9.17, 15) is 10.2 Å². The summed E-state index contributed by atoms with van der Waals surface area (Å²) in [5.74, 6) is 1.51. The molecule has 1 fully saturated rings. The van der Waals surface area contributed by atoms with Gasteiger partial charge in [0.05, 0.1) is 0 Å². The number of rotatable bonds is 8. The van der Waals surface area contributed by atoms with Crippen molar-refractivity contribution in [2.24, 2.45) is 5.92 Å². The Kier molecular flexibility index (Phi) is 8.96. The van der Waals surface area contributed by atoms with Crippen LogP contribution in [0.25, 0.3) is 0 Å². The summed E-state index contributed by atoms with van der Waals surface area (Å²) in [7, 11) is 0. The molecule has 0 amide bonds. The van der Waals surface area contributed by atoms with Gasteiger partial charge in [0.25, 0.3) is 0 Å². The highest BCUT2D eigenvalue weighted by atomic mass is 35.5. The van der Waals surface area contributed by atoms with Gasteiger partial charge < -0.3 is 15.1 Å². The molecule has 2 N–H and O–H groups in total. The van der Waals surface area contributed by atoms with Crippen molar-refractivity contribution in [2.45, 2.75) is 44.9 Å². The van der Waals surface area contributed by atoms with Gasteiger partial charge in [-0.2, -0.15) is 0 Å². The number of halogens is 1. The molecule has 0 atom stereocenters. The zero-order valence-corrected chi connectivity index (χ0v) is 16.8. The van der Waals surface area contributed by atoms with Crippen LogP contribution in [0.2, 0.25) is 0 Å². The minimum absolute atomic E-state index is 0. The van der Waals surface area contributed by atoms with Crippen LogP contribution in [0.4, 0.5) is 0 Å². The van der Waals surface area contributed by atoms with Crippen molar-refractivity contribution >= 4 is 12.4 Å². The maximum atomic E-state index is 9.68. The molecular formula is C23H32ClNO2. The van der Waals surface area contributed by atoms with Gasteiger partial charge >= 0.3 is 0 Å². The molecule has 1 aliphatic carbocycles. The quantitative estimate of drug-likeness (QED) is 0.653. The minimum Gasteiger partial charge on any atom is -0.508 e. The summed E-state index contributed by atoms with van der Waals surface area (Å²) in [6, 6.07) is 15.2. The third-order valence-electron chi connectivity index (χ3n) is 5.52. The lowest BCUT2D eigenvalue weighted by Gasteiger charge is -2.30. The van der Waals surface area contributed by atoms with Crippen LogP contribution in [0.3, 0.4) is 0 Å². The lowest BCUT2D eigenvalue weighted by atomic mass is 9.89. The van der Waals surface area contributed by atoms with Gasteiger partial charge in [-0.15, -0.1) is 12.4 Å². The van der Waals surface area contributed by atoms with Gasteiger partial charge in [-0.1, -0.05) is 43.5 Å². The molecule has 0 aromatic heterocycles. The van der Waals surface area contributed by atoms with E-state index in [-0.39, 0.29) is 12.4 Å². The van der Waals surface area contributed by atoms with Crippen LogP contribution in [0, 0.1) is 5.92 Å². The number of benzene rings is 2. The second kappa shape index (κ2) is 11.2. The first-order valence-electron chi connectivity index (χ1n) is 9.97. The Morgan fingerprint density at radius 1 is 0.778 bits per heavy atom. The molecule has 0 aliphatic heterocycles. The second-order valence-electron chi connectivity index (χ2n) is 7.64. The molecule has 3 nitrogen and oxygen atoms in total. The van der Waals surface area contributed by atoms with Crippen LogP contribution >= 0.6 is 12.4 Å². The predicted molar refractivity (Wildman–Crippen MR) is 114 cm³/mol. The first kappa shape index (κ1) is 21.6. The van der Waals surface area contributed by atoms with Crippen molar-refractivity contribution in [2.75, 3.05) is 19.6 Å². The largest absolute Gasteiger partial charge is 0.508 e. The molecule has 148 valence electrons. The Balaban J connectivity index is 0.00000261. The smallest absolute Gasteiger partial charge is 0.115 e. The average Bonchev–Trinajstić information content (AvgIpc) is 2.66. The standard InChI is InChI=1S/C23H31NO2.ClH/c25-22-11-9-19(10-12-22)13-15-24(18-21-5-2-1-3-6-21)16-14-20-7-4-8-23(26)17-20;/h4,7-12,17,21,25-26H,1-3,5-6,13-16,18H2;1H. The van der Waals surface area contributed by atoms with Gasteiger partial charge in [0.2, 0.25) is 0 Å². The van der Waals surface area contributed by atoms with E-state index in [2.05, 4.69) is 11.0 Å². The summed E-state index contributed by atoms with van der Waals surface area (Å²) >= 11 is 0. The molecular weight excluding hydrogens is 358 g/mol. The summed E-state index contributed by atoms with van der Waals surface area (Å²) in [5.41, 5.74) is 2.47. The molecule has 0 unspecified atom stereocenters. The van der Waals surface area contributed by atoms with E-state index < -0.39 is 0 Å². The SMILES string of the molecule is Cl.Oc1ccc(CCN(CCc2cccc(O)c2)CC2CCCCC2)cc1. The van der Waals surface area contributed by atoms with Crippen molar-refractivity contribution in [1.29, 1.82) is 0 Å². The zero-order chi connectivity index (χ0) is 18.2. The molecule has 0 saturated heterocycles. The fraction of sp³-hybridized carbons (Fsp3) is 0.478. The van der Waals surface area contributed by atoms with Gasteiger partial charge in [-0.3, -0.25) is 0 Å². The number of aromatic hydroxyl groups is 2. The molecule has 3 rings (SSSR count). The maximum absolute atomic E-state index is 9.68. The van der Waals surface area contributed by atoms with Crippen LogP contribution in [0.5, 0.6) is 11.5 Å². The predicted octanol–water partition coefficient (Wildman–Crippen LogP) is 5.19. The van der Waals surface area contributed by atoms with Gasteiger partial charge in [0.1, 0.15) is 11.5 Å². The van der Waals surface area contributed by atoms with Crippen LogP contribution in [-0.2, 0) is 12.8 Å². The minimum atomic E-state index is 0. The summed E-state index contributed by atoms with van der Waals surface area (Å²) < 4.78 is 0. The topological polar surface area (TPSA) is 43.7 Å². The monoisotopic (exact) mass is 389 g/mol. The Bertz CT molecular complexity index is 668. The normalized spacial score (nSPS) is 14.9. The Morgan fingerprint density at radius 2 is 1.44 bits per heavy atom. The molecule has 0 radical (unpaired) electrons. The van der Waals surface area contributed by atoms with Crippen LogP contribution in [-0.4, -0.2) is 34.7 Å². The van der Waals surface area contributed by atoms with Crippen molar-refractivity contribution < 1.29 is 10.2 Å². The molecule has 2 aromatic rings. The third-order valence-corrected chi connectivity index (χ3v) is 5.52. The van der Waals surface area contributed by atoms with Crippen molar-refractivity contribution in [3.63, 3.8) is 0 Å². The van der Waals surface area contributed by atoms with Gasteiger partial charge in [-0.05, 0) is 67.0 Å². The van der Waals surface area contributed by atoms with Crippen molar-refractivity contribution in [1.82, 2.24) is 4.90 Å². The van der Waals surface area contributed by atoms with E-state index in [0.717, 1.165) is 31.8 Å². The highest BCUT2D eigenvalue weighted by Crippen LogP contribution is 2.25. The highest BCUT2D eigenvalue weighted by Gasteiger charge is 2.17. The zero-order valence-electron chi connectivity index (χ0n) is 16.0. The fourth-order valence-electron chi connectivity index (χ4n) is 3.98. The second-order valence-corrected chi connectivity index (χ2v) is 7.64. The first-order valence-corrected chi connectivity index (χ1v) is 9.97. The number of phenolic OH excluding ortho intramolecular Hbond substituents is 2. The van der Waals surface area contributed by atoms with Gasteiger partial charge in [-0.25, -0.2) is 0 Å². The molecule has 0 bridgehead atoms. The molecule has 1 saturated carbocycles. The highest BCUT2D eigenvalue weighted by molar-refractivity contribution is 5.85.